The smallest absolute Gasteiger partial charge is 0.227 e. The number of nitrogens with zero attached hydrogens (tertiary/aromatic N) is 1. The maximum absolute atomic E-state index is 12.4. The second kappa shape index (κ2) is 8.11. The van der Waals surface area contributed by atoms with Crippen molar-refractivity contribution in [3.8, 4) is 0 Å². The summed E-state index contributed by atoms with van der Waals surface area (Å²) in [6.45, 7) is 2.82. The van der Waals surface area contributed by atoms with Gasteiger partial charge in [0.05, 0.1) is 5.92 Å². The molecule has 1 heterocycles. The fraction of sp³-hybridized carbons (Fsp3) is 0.300. The lowest BCUT2D eigenvalue weighted by Crippen LogP contribution is -2.34. The number of hydrogen-bond acceptors (Lipinski definition) is 2. The molecule has 0 spiro atoms. The third-order valence-electron chi connectivity index (χ3n) is 4.55. The van der Waals surface area contributed by atoms with Gasteiger partial charge in [-0.25, -0.2) is 0 Å². The molecule has 1 saturated heterocycles. The lowest BCUT2D eigenvalue weighted by molar-refractivity contribution is -0.126. The Kier molecular flexibility index (Phi) is 5.84. The maximum atomic E-state index is 12.4. The molecule has 1 N–H and O–H groups in total. The fourth-order valence-electron chi connectivity index (χ4n) is 3.20. The molecule has 26 heavy (non-hydrogen) atoms. The summed E-state index contributed by atoms with van der Waals surface area (Å²) in [5, 5.41) is 4.24. The van der Waals surface area contributed by atoms with Gasteiger partial charge in [-0.05, 0) is 54.8 Å². The van der Waals surface area contributed by atoms with Crippen LogP contribution in [0.15, 0.2) is 42.5 Å². The highest BCUT2D eigenvalue weighted by molar-refractivity contribution is 6.31. The van der Waals surface area contributed by atoms with Crippen molar-refractivity contribution < 1.29 is 9.59 Å². The van der Waals surface area contributed by atoms with Crippen molar-refractivity contribution in [3.05, 3.63) is 63.6 Å². The number of aryl methyl sites for hydroxylation is 1. The molecule has 6 heteroatoms. The first-order valence-corrected chi connectivity index (χ1v) is 9.28. The normalized spacial score (nSPS) is 16.8. The van der Waals surface area contributed by atoms with E-state index < -0.39 is 0 Å². The summed E-state index contributed by atoms with van der Waals surface area (Å²) in [6, 6.07) is 13.0. The van der Waals surface area contributed by atoms with Crippen molar-refractivity contribution in [2.24, 2.45) is 5.92 Å². The summed E-state index contributed by atoms with van der Waals surface area (Å²) in [6.07, 6.45) is 0.929. The Morgan fingerprint density at radius 3 is 2.69 bits per heavy atom. The summed E-state index contributed by atoms with van der Waals surface area (Å²) >= 11 is 11.9. The van der Waals surface area contributed by atoms with Crippen LogP contribution in [-0.2, 0) is 16.0 Å². The molecule has 1 aliphatic heterocycles. The molecule has 1 fully saturated rings. The van der Waals surface area contributed by atoms with Crippen LogP contribution in [-0.4, -0.2) is 24.9 Å². The van der Waals surface area contributed by atoms with Crippen molar-refractivity contribution in [3.63, 3.8) is 0 Å². The molecule has 0 aromatic heterocycles. The third kappa shape index (κ3) is 4.37. The number of nitrogens with one attached hydrogen (secondary N) is 1. The average molecular weight is 391 g/mol. The van der Waals surface area contributed by atoms with Crippen molar-refractivity contribution in [1.29, 1.82) is 0 Å². The minimum atomic E-state index is -0.336. The second-order valence-corrected chi connectivity index (χ2v) is 7.38. The van der Waals surface area contributed by atoms with Crippen LogP contribution in [0.1, 0.15) is 17.5 Å². The van der Waals surface area contributed by atoms with Gasteiger partial charge in [0, 0.05) is 35.2 Å². The van der Waals surface area contributed by atoms with Gasteiger partial charge in [0.15, 0.2) is 0 Å². The van der Waals surface area contributed by atoms with Crippen LogP contribution in [0.5, 0.6) is 0 Å². The van der Waals surface area contributed by atoms with Gasteiger partial charge >= 0.3 is 0 Å². The fourth-order valence-corrected chi connectivity index (χ4v) is 3.64. The summed E-state index contributed by atoms with van der Waals surface area (Å²) in [5.74, 6) is -0.461. The number of hydrogen-bond donors (Lipinski definition) is 1. The molecule has 1 aliphatic rings. The van der Waals surface area contributed by atoms with Crippen LogP contribution >= 0.6 is 23.2 Å². The Balaban J connectivity index is 1.57. The third-order valence-corrected chi connectivity index (χ3v) is 5.02. The van der Waals surface area contributed by atoms with E-state index in [2.05, 4.69) is 5.32 Å². The number of halogens is 2. The predicted octanol–water partition coefficient (Wildman–Crippen LogP) is 4.01. The molecule has 0 bridgehead atoms. The minimum Gasteiger partial charge on any atom is -0.355 e. The van der Waals surface area contributed by atoms with Gasteiger partial charge in [0.2, 0.25) is 11.8 Å². The lowest BCUT2D eigenvalue weighted by atomic mass is 10.1. The van der Waals surface area contributed by atoms with E-state index in [-0.39, 0.29) is 24.2 Å². The highest BCUT2D eigenvalue weighted by Gasteiger charge is 2.35. The first-order chi connectivity index (χ1) is 12.4. The maximum Gasteiger partial charge on any atom is 0.227 e. The van der Waals surface area contributed by atoms with Crippen LogP contribution in [0.3, 0.4) is 0 Å². The van der Waals surface area contributed by atoms with Crippen molar-refractivity contribution >= 4 is 40.7 Å². The van der Waals surface area contributed by atoms with Crippen LogP contribution in [0.25, 0.3) is 0 Å². The quantitative estimate of drug-likeness (QED) is 0.837. The Morgan fingerprint density at radius 2 is 1.96 bits per heavy atom. The zero-order valence-electron chi connectivity index (χ0n) is 14.5. The van der Waals surface area contributed by atoms with E-state index in [9.17, 15) is 9.59 Å². The molecule has 0 radical (unpaired) electrons. The number of benzene rings is 2. The molecule has 136 valence electrons. The molecule has 1 unspecified atom stereocenters. The molecule has 0 saturated carbocycles. The van der Waals surface area contributed by atoms with E-state index in [1.807, 2.05) is 43.3 Å². The van der Waals surface area contributed by atoms with Gasteiger partial charge in [0.25, 0.3) is 0 Å². The first-order valence-electron chi connectivity index (χ1n) is 8.52. The van der Waals surface area contributed by atoms with Crippen LogP contribution in [0.2, 0.25) is 10.0 Å². The molecule has 0 aliphatic carbocycles. The minimum absolute atomic E-state index is 0.0367. The lowest BCUT2D eigenvalue weighted by Gasteiger charge is -2.19. The topological polar surface area (TPSA) is 49.4 Å². The van der Waals surface area contributed by atoms with Gasteiger partial charge in [0.1, 0.15) is 0 Å². The largest absolute Gasteiger partial charge is 0.355 e. The molecule has 1 atom stereocenters. The van der Waals surface area contributed by atoms with Gasteiger partial charge in [-0.1, -0.05) is 35.3 Å². The number of rotatable bonds is 5. The summed E-state index contributed by atoms with van der Waals surface area (Å²) in [7, 11) is 0. The molecule has 3 rings (SSSR count). The summed E-state index contributed by atoms with van der Waals surface area (Å²) in [5.41, 5.74) is 2.81. The molecular weight excluding hydrogens is 371 g/mol. The van der Waals surface area contributed by atoms with Crippen LogP contribution < -0.4 is 10.2 Å². The Hall–Kier alpha value is -2.04. The van der Waals surface area contributed by atoms with E-state index in [1.54, 1.807) is 11.0 Å². The zero-order valence-corrected chi connectivity index (χ0v) is 16.0. The van der Waals surface area contributed by atoms with Gasteiger partial charge in [-0.3, -0.25) is 9.59 Å². The van der Waals surface area contributed by atoms with Crippen LogP contribution in [0, 0.1) is 12.8 Å². The second-order valence-electron chi connectivity index (χ2n) is 6.51. The van der Waals surface area contributed by atoms with Crippen molar-refractivity contribution in [1.82, 2.24) is 5.32 Å². The predicted molar refractivity (Wildman–Crippen MR) is 105 cm³/mol. The number of amides is 2. The number of anilines is 1. The van der Waals surface area contributed by atoms with Crippen LogP contribution in [0.4, 0.5) is 5.69 Å². The number of carbonyl (C=O) groups is 2. The van der Waals surface area contributed by atoms with Gasteiger partial charge in [-0.2, -0.15) is 0 Å². The monoisotopic (exact) mass is 390 g/mol. The van der Waals surface area contributed by atoms with E-state index in [0.29, 0.717) is 29.6 Å². The summed E-state index contributed by atoms with van der Waals surface area (Å²) in [4.78, 5) is 26.5. The molecule has 2 amide bonds. The average Bonchev–Trinajstić information content (AvgIpc) is 2.97. The Labute approximate surface area is 163 Å². The van der Waals surface area contributed by atoms with Crippen molar-refractivity contribution in [2.45, 2.75) is 19.8 Å². The summed E-state index contributed by atoms with van der Waals surface area (Å²) < 4.78 is 0. The molecule has 2 aromatic rings. The van der Waals surface area contributed by atoms with Gasteiger partial charge in [-0.15, -0.1) is 0 Å². The highest BCUT2D eigenvalue weighted by atomic mass is 35.5. The molecule has 2 aromatic carbocycles. The molecular formula is C20H20Cl2N2O2. The zero-order chi connectivity index (χ0) is 18.7. The number of carbonyl (C=O) groups excluding carboxylic acids is 2. The Bertz CT molecular complexity index is 838. The highest BCUT2D eigenvalue weighted by Crippen LogP contribution is 2.29. The van der Waals surface area contributed by atoms with E-state index in [1.165, 1.54) is 0 Å². The Morgan fingerprint density at radius 1 is 1.19 bits per heavy atom. The van der Waals surface area contributed by atoms with E-state index >= 15 is 0 Å². The van der Waals surface area contributed by atoms with Gasteiger partial charge < -0.3 is 10.2 Å². The molecule has 4 nitrogen and oxygen atoms in total. The van der Waals surface area contributed by atoms with E-state index in [0.717, 1.165) is 16.8 Å². The standard InChI is InChI=1S/C20H20Cl2N2O2/c1-13-9-17(22)5-6-18(13)24-12-15(11-19(24)25)20(26)23-8-7-14-3-2-4-16(21)10-14/h2-6,9-10,15H,7-8,11-12H2,1H3,(H,23,26). The van der Waals surface area contributed by atoms with Crippen molar-refractivity contribution in [2.75, 3.05) is 18.0 Å². The first kappa shape index (κ1) is 18.7. The SMILES string of the molecule is Cc1cc(Cl)ccc1N1CC(C(=O)NCCc2cccc(Cl)c2)CC1=O. The van der Waals surface area contributed by atoms with E-state index in [4.69, 9.17) is 23.2 Å².